The highest BCUT2D eigenvalue weighted by atomic mass is 79.9. The minimum absolute atomic E-state index is 0.0944. The molecule has 0 aliphatic carbocycles. The molecule has 98 valence electrons. The fourth-order valence-electron chi connectivity index (χ4n) is 1.28. The van der Waals surface area contributed by atoms with Crippen LogP contribution in [0.25, 0.3) is 0 Å². The van der Waals surface area contributed by atoms with Crippen LogP contribution in [0.15, 0.2) is 22.7 Å². The topological polar surface area (TPSA) is 70.0 Å². The van der Waals surface area contributed by atoms with Crippen LogP contribution in [0.2, 0.25) is 0 Å². The molecule has 1 rings (SSSR count). The second-order valence-electron chi connectivity index (χ2n) is 4.41. The summed E-state index contributed by atoms with van der Waals surface area (Å²) in [5, 5.41) is 8.72. The summed E-state index contributed by atoms with van der Waals surface area (Å²) >= 11 is 3.24. The Hall–Kier alpha value is -1.06. The van der Waals surface area contributed by atoms with E-state index in [1.165, 1.54) is 0 Å². The molecule has 0 spiro atoms. The van der Waals surface area contributed by atoms with Crippen LogP contribution in [-0.4, -0.2) is 14.2 Å². The molecule has 1 N–H and O–H groups in total. The normalized spacial score (nSPS) is 11.3. The summed E-state index contributed by atoms with van der Waals surface area (Å²) in [7, 11) is -3.33. The van der Waals surface area contributed by atoms with Gasteiger partial charge in [0.15, 0.2) is 0 Å². The Morgan fingerprint density at radius 3 is 2.61 bits per heavy atom. The van der Waals surface area contributed by atoms with Crippen molar-refractivity contribution >= 4 is 31.6 Å². The standard InChI is InChI=1S/C12H15BrN2O2S/c1-9(2)5-6-18(16,17)15-12-4-3-10(8-14)7-11(12)13/h3-4,7,9,15H,5-6H2,1-2H3. The highest BCUT2D eigenvalue weighted by molar-refractivity contribution is 9.10. The highest BCUT2D eigenvalue weighted by Crippen LogP contribution is 2.24. The van der Waals surface area contributed by atoms with Gasteiger partial charge in [0, 0.05) is 4.47 Å². The van der Waals surface area contributed by atoms with Gasteiger partial charge in [0.1, 0.15) is 0 Å². The number of anilines is 1. The number of rotatable bonds is 5. The maximum absolute atomic E-state index is 11.8. The van der Waals surface area contributed by atoms with Crippen molar-refractivity contribution in [2.45, 2.75) is 20.3 Å². The van der Waals surface area contributed by atoms with Gasteiger partial charge < -0.3 is 0 Å². The molecule has 0 fully saturated rings. The van der Waals surface area contributed by atoms with Crippen LogP contribution in [0.5, 0.6) is 0 Å². The third kappa shape index (κ3) is 4.67. The first kappa shape index (κ1) is 15.0. The number of nitrogens with one attached hydrogen (secondary N) is 1. The van der Waals surface area contributed by atoms with Gasteiger partial charge in [-0.25, -0.2) is 8.42 Å². The van der Waals surface area contributed by atoms with Gasteiger partial charge in [-0.05, 0) is 46.5 Å². The maximum Gasteiger partial charge on any atom is 0.232 e. The van der Waals surface area contributed by atoms with Gasteiger partial charge in [-0.3, -0.25) is 4.72 Å². The zero-order chi connectivity index (χ0) is 13.8. The molecule has 0 aliphatic rings. The van der Waals surface area contributed by atoms with Gasteiger partial charge in [-0.2, -0.15) is 5.26 Å². The number of hydrogen-bond acceptors (Lipinski definition) is 3. The highest BCUT2D eigenvalue weighted by Gasteiger charge is 2.13. The molecule has 0 heterocycles. The number of sulfonamides is 1. The molecule has 0 radical (unpaired) electrons. The molecule has 0 aromatic heterocycles. The van der Waals surface area contributed by atoms with E-state index in [0.29, 0.717) is 28.1 Å². The predicted molar refractivity (Wildman–Crippen MR) is 75.7 cm³/mol. The van der Waals surface area contributed by atoms with Gasteiger partial charge in [0.25, 0.3) is 0 Å². The lowest BCUT2D eigenvalue weighted by molar-refractivity contribution is 0.578. The smallest absolute Gasteiger partial charge is 0.232 e. The average molecular weight is 331 g/mol. The largest absolute Gasteiger partial charge is 0.282 e. The first-order chi connectivity index (χ1) is 8.34. The zero-order valence-corrected chi connectivity index (χ0v) is 12.7. The van der Waals surface area contributed by atoms with E-state index in [2.05, 4.69) is 20.7 Å². The Morgan fingerprint density at radius 2 is 2.11 bits per heavy atom. The van der Waals surface area contributed by atoms with Crippen LogP contribution in [0.3, 0.4) is 0 Å². The number of nitriles is 1. The third-order valence-corrected chi connectivity index (χ3v) is 4.29. The van der Waals surface area contributed by atoms with Crippen LogP contribution in [-0.2, 0) is 10.0 Å². The molecule has 0 saturated carbocycles. The summed E-state index contributed by atoms with van der Waals surface area (Å²) in [6.45, 7) is 3.96. The van der Waals surface area contributed by atoms with Crippen molar-refractivity contribution in [1.29, 1.82) is 5.26 Å². The van der Waals surface area contributed by atoms with Crippen molar-refractivity contribution in [3.8, 4) is 6.07 Å². The monoisotopic (exact) mass is 330 g/mol. The van der Waals surface area contributed by atoms with Gasteiger partial charge in [-0.1, -0.05) is 13.8 Å². The molecule has 6 heteroatoms. The minimum atomic E-state index is -3.33. The van der Waals surface area contributed by atoms with E-state index in [0.717, 1.165) is 0 Å². The van der Waals surface area contributed by atoms with E-state index in [1.807, 2.05) is 19.9 Å². The van der Waals surface area contributed by atoms with E-state index in [4.69, 9.17) is 5.26 Å². The van der Waals surface area contributed by atoms with Crippen LogP contribution in [0.4, 0.5) is 5.69 Å². The van der Waals surface area contributed by atoms with Crippen LogP contribution in [0, 0.1) is 17.2 Å². The van der Waals surface area contributed by atoms with E-state index >= 15 is 0 Å². The molecule has 1 aromatic rings. The summed E-state index contributed by atoms with van der Waals surface area (Å²) < 4.78 is 26.7. The van der Waals surface area contributed by atoms with Crippen molar-refractivity contribution in [3.05, 3.63) is 28.2 Å². The summed E-state index contributed by atoms with van der Waals surface area (Å²) in [6, 6.07) is 6.73. The van der Waals surface area contributed by atoms with Crippen molar-refractivity contribution in [2.24, 2.45) is 5.92 Å². The lowest BCUT2D eigenvalue weighted by Crippen LogP contribution is -2.18. The minimum Gasteiger partial charge on any atom is -0.282 e. The van der Waals surface area contributed by atoms with Crippen molar-refractivity contribution in [3.63, 3.8) is 0 Å². The maximum atomic E-state index is 11.8. The molecule has 0 bridgehead atoms. The summed E-state index contributed by atoms with van der Waals surface area (Å²) in [5.74, 6) is 0.433. The predicted octanol–water partition coefficient (Wildman–Crippen LogP) is 3.11. The van der Waals surface area contributed by atoms with E-state index in [1.54, 1.807) is 18.2 Å². The Morgan fingerprint density at radius 1 is 1.44 bits per heavy atom. The summed E-state index contributed by atoms with van der Waals surface area (Å²) in [6.07, 6.45) is 0.614. The molecule has 0 atom stereocenters. The van der Waals surface area contributed by atoms with Crippen molar-refractivity contribution in [1.82, 2.24) is 0 Å². The van der Waals surface area contributed by atoms with E-state index in [9.17, 15) is 8.42 Å². The number of nitrogens with zero attached hydrogens (tertiary/aromatic N) is 1. The van der Waals surface area contributed by atoms with Crippen LogP contribution >= 0.6 is 15.9 Å². The number of hydrogen-bond donors (Lipinski definition) is 1. The fourth-order valence-corrected chi connectivity index (χ4v) is 3.28. The van der Waals surface area contributed by atoms with Crippen LogP contribution < -0.4 is 4.72 Å². The quantitative estimate of drug-likeness (QED) is 0.901. The molecule has 0 saturated heterocycles. The van der Waals surface area contributed by atoms with Gasteiger partial charge in [0.05, 0.1) is 23.1 Å². The Labute approximate surface area is 116 Å². The second-order valence-corrected chi connectivity index (χ2v) is 7.11. The van der Waals surface area contributed by atoms with Gasteiger partial charge in [-0.15, -0.1) is 0 Å². The fraction of sp³-hybridized carbons (Fsp3) is 0.417. The lowest BCUT2D eigenvalue weighted by atomic mass is 10.2. The summed E-state index contributed by atoms with van der Waals surface area (Å²) in [5.41, 5.74) is 0.935. The molecule has 18 heavy (non-hydrogen) atoms. The first-order valence-electron chi connectivity index (χ1n) is 5.54. The Bertz CT molecular complexity index is 562. The van der Waals surface area contributed by atoms with Crippen molar-refractivity contribution < 1.29 is 8.42 Å². The van der Waals surface area contributed by atoms with E-state index < -0.39 is 10.0 Å². The molecular formula is C12H15BrN2O2S. The molecule has 0 unspecified atom stereocenters. The Balaban J connectivity index is 2.82. The van der Waals surface area contributed by atoms with Gasteiger partial charge in [0.2, 0.25) is 10.0 Å². The first-order valence-corrected chi connectivity index (χ1v) is 7.98. The molecule has 0 aliphatic heterocycles. The number of halogens is 1. The van der Waals surface area contributed by atoms with Crippen molar-refractivity contribution in [2.75, 3.05) is 10.5 Å². The molecule has 1 aromatic carbocycles. The number of benzene rings is 1. The molecule has 4 nitrogen and oxygen atoms in total. The van der Waals surface area contributed by atoms with E-state index in [-0.39, 0.29) is 5.75 Å². The second kappa shape index (κ2) is 6.21. The average Bonchev–Trinajstić information content (AvgIpc) is 2.29. The molecular weight excluding hydrogens is 316 g/mol. The summed E-state index contributed by atoms with van der Waals surface area (Å²) in [4.78, 5) is 0. The molecule has 0 amide bonds. The lowest BCUT2D eigenvalue weighted by Gasteiger charge is -2.10. The van der Waals surface area contributed by atoms with Gasteiger partial charge >= 0.3 is 0 Å². The SMILES string of the molecule is CC(C)CCS(=O)(=O)Nc1ccc(C#N)cc1Br. The Kier molecular flexibility index (Phi) is 5.17. The zero-order valence-electron chi connectivity index (χ0n) is 10.3. The van der Waals surface area contributed by atoms with Crippen LogP contribution in [0.1, 0.15) is 25.8 Å². The third-order valence-electron chi connectivity index (χ3n) is 2.33.